The number of carbonyl (C=O) groups excluding carboxylic acids is 1. The summed E-state index contributed by atoms with van der Waals surface area (Å²) in [6.07, 6.45) is 1.61. The summed E-state index contributed by atoms with van der Waals surface area (Å²) in [4.78, 5) is 25.1. The van der Waals surface area contributed by atoms with E-state index in [1.807, 2.05) is 0 Å². The van der Waals surface area contributed by atoms with Crippen LogP contribution in [0, 0.1) is 28.6 Å². The number of aliphatic hydroxyl groups is 3. The van der Waals surface area contributed by atoms with Crippen LogP contribution in [0.25, 0.3) is 0 Å². The van der Waals surface area contributed by atoms with Crippen molar-refractivity contribution in [3.05, 3.63) is 24.3 Å². The first kappa shape index (κ1) is 16.5. The summed E-state index contributed by atoms with van der Waals surface area (Å²) in [6, 6.07) is 0. The van der Waals surface area contributed by atoms with Crippen LogP contribution in [0.15, 0.2) is 24.3 Å². The quantitative estimate of drug-likeness (QED) is 0.382. The van der Waals surface area contributed by atoms with Crippen molar-refractivity contribution in [2.45, 2.75) is 49.6 Å². The molecule has 4 bridgehead atoms. The molecule has 1 spiro atoms. The zero-order valence-electron chi connectivity index (χ0n) is 14.4. The van der Waals surface area contributed by atoms with Gasteiger partial charge in [0, 0.05) is 17.3 Å². The first-order valence-corrected chi connectivity index (χ1v) is 8.99. The molecular weight excluding hydrogens is 340 g/mol. The molecule has 5 rings (SSSR count). The molecule has 1 saturated heterocycles. The lowest BCUT2D eigenvalue weighted by atomic mass is 9.60. The molecule has 4 fully saturated rings. The van der Waals surface area contributed by atoms with Crippen LogP contribution < -0.4 is 0 Å². The second kappa shape index (κ2) is 4.24. The molecule has 5 aliphatic rings. The molecule has 0 aromatic carbocycles. The highest BCUT2D eigenvalue weighted by Gasteiger charge is 2.85. The molecule has 4 N–H and O–H groups in total. The Kier molecular flexibility index (Phi) is 2.68. The van der Waals surface area contributed by atoms with Crippen molar-refractivity contribution in [3.63, 3.8) is 0 Å². The van der Waals surface area contributed by atoms with E-state index in [1.165, 1.54) is 6.08 Å². The number of ether oxygens (including phenoxy) is 1. The van der Waals surface area contributed by atoms with Gasteiger partial charge in [-0.15, -0.1) is 0 Å². The van der Waals surface area contributed by atoms with Crippen LogP contribution in [0.4, 0.5) is 0 Å². The Morgan fingerprint density at radius 1 is 1.38 bits per heavy atom. The van der Waals surface area contributed by atoms with Gasteiger partial charge in [0.2, 0.25) is 0 Å². The van der Waals surface area contributed by atoms with Gasteiger partial charge in [-0.1, -0.05) is 12.7 Å². The predicted octanol–water partition coefficient (Wildman–Crippen LogP) is -0.00210. The van der Waals surface area contributed by atoms with Gasteiger partial charge in [-0.3, -0.25) is 9.59 Å². The van der Waals surface area contributed by atoms with E-state index in [9.17, 15) is 30.0 Å². The normalized spacial score (nSPS) is 59.2. The van der Waals surface area contributed by atoms with Crippen LogP contribution in [0.3, 0.4) is 0 Å². The Bertz CT molecular complexity index is 804. The Labute approximate surface area is 150 Å². The average molecular weight is 362 g/mol. The molecule has 140 valence electrons. The number of carboxylic acids is 1. The number of aliphatic hydroxyl groups excluding tert-OH is 2. The topological polar surface area (TPSA) is 124 Å². The molecule has 0 aromatic heterocycles. The standard InChI is InChI=1S/C19H22O7/c1-8-13(21)18-7-17(8,25)5-3-9(18)19-6-4-10(20)16(2,15(24)26-19)12(19)11(18)14(22)23/h4,6,9-13,20-21,25H,1,3,5,7H2,2H3,(H,22,23). The van der Waals surface area contributed by atoms with Crippen LogP contribution in [0.1, 0.15) is 26.2 Å². The second-order valence-electron chi connectivity index (χ2n) is 8.96. The number of carboxylic acid groups (broad SMARTS) is 1. The van der Waals surface area contributed by atoms with Gasteiger partial charge in [-0.25, -0.2) is 0 Å². The van der Waals surface area contributed by atoms with Crippen molar-refractivity contribution < 1.29 is 34.8 Å². The van der Waals surface area contributed by atoms with Crippen LogP contribution >= 0.6 is 0 Å². The lowest BCUT2D eigenvalue weighted by Crippen LogP contribution is -2.51. The van der Waals surface area contributed by atoms with Gasteiger partial charge in [-0.05, 0) is 37.8 Å². The highest BCUT2D eigenvalue weighted by molar-refractivity contribution is 5.86. The van der Waals surface area contributed by atoms with Gasteiger partial charge in [0.25, 0.3) is 0 Å². The number of hydrogen-bond donors (Lipinski definition) is 4. The maximum atomic E-state index is 12.7. The number of fused-ring (bicyclic) bond motifs is 1. The van der Waals surface area contributed by atoms with Crippen LogP contribution in [0.2, 0.25) is 0 Å². The number of aliphatic carboxylic acids is 1. The third-order valence-electron chi connectivity index (χ3n) is 8.25. The third-order valence-corrected chi connectivity index (χ3v) is 8.25. The number of rotatable bonds is 1. The molecule has 7 heteroatoms. The van der Waals surface area contributed by atoms with E-state index in [-0.39, 0.29) is 12.0 Å². The minimum atomic E-state index is -1.40. The van der Waals surface area contributed by atoms with E-state index in [1.54, 1.807) is 13.0 Å². The molecule has 4 aliphatic carbocycles. The summed E-state index contributed by atoms with van der Waals surface area (Å²) in [5.74, 6) is -4.15. The maximum Gasteiger partial charge on any atom is 0.316 e. The van der Waals surface area contributed by atoms with Crippen LogP contribution in [-0.4, -0.2) is 55.8 Å². The molecule has 26 heavy (non-hydrogen) atoms. The lowest BCUT2D eigenvalue weighted by Gasteiger charge is -2.45. The van der Waals surface area contributed by atoms with Crippen molar-refractivity contribution in [2.24, 2.45) is 28.6 Å². The number of hydrogen-bond acceptors (Lipinski definition) is 6. The fraction of sp³-hybridized carbons (Fsp3) is 0.684. The Morgan fingerprint density at radius 3 is 2.73 bits per heavy atom. The predicted molar refractivity (Wildman–Crippen MR) is 86.6 cm³/mol. The molecule has 0 aromatic rings. The molecule has 3 saturated carbocycles. The van der Waals surface area contributed by atoms with Gasteiger partial charge in [0.05, 0.1) is 23.7 Å². The van der Waals surface area contributed by atoms with Crippen molar-refractivity contribution in [3.8, 4) is 0 Å². The zero-order chi connectivity index (χ0) is 18.9. The molecule has 0 amide bonds. The minimum absolute atomic E-state index is 0.0808. The van der Waals surface area contributed by atoms with Crippen LogP contribution in [-0.2, 0) is 14.3 Å². The lowest BCUT2D eigenvalue weighted by molar-refractivity contribution is -0.167. The summed E-state index contributed by atoms with van der Waals surface area (Å²) in [5, 5.41) is 42.7. The van der Waals surface area contributed by atoms with Crippen molar-refractivity contribution in [1.82, 2.24) is 0 Å². The molecule has 1 aliphatic heterocycles. The summed E-state index contributed by atoms with van der Waals surface area (Å²) in [6.45, 7) is 5.40. The summed E-state index contributed by atoms with van der Waals surface area (Å²) >= 11 is 0. The zero-order valence-corrected chi connectivity index (χ0v) is 14.4. The monoisotopic (exact) mass is 362 g/mol. The van der Waals surface area contributed by atoms with Gasteiger partial charge < -0.3 is 25.2 Å². The fourth-order valence-corrected chi connectivity index (χ4v) is 7.16. The van der Waals surface area contributed by atoms with Crippen molar-refractivity contribution >= 4 is 11.9 Å². The van der Waals surface area contributed by atoms with Gasteiger partial charge in [0.1, 0.15) is 11.0 Å². The van der Waals surface area contributed by atoms with Gasteiger partial charge >= 0.3 is 11.9 Å². The molecule has 9 unspecified atom stereocenters. The summed E-state index contributed by atoms with van der Waals surface area (Å²) < 4.78 is 5.81. The SMILES string of the molecule is C=C1C(O)C23CC1(O)CCC2C12C=CC(O)C(C)(C(=O)O1)C2C3C(=O)O. The summed E-state index contributed by atoms with van der Waals surface area (Å²) in [7, 11) is 0. The van der Waals surface area contributed by atoms with Gasteiger partial charge in [-0.2, -0.15) is 0 Å². The van der Waals surface area contributed by atoms with E-state index in [2.05, 4.69) is 6.58 Å². The molecular formula is C19H22O7. The Morgan fingerprint density at radius 2 is 2.08 bits per heavy atom. The maximum absolute atomic E-state index is 12.7. The first-order chi connectivity index (χ1) is 12.1. The smallest absolute Gasteiger partial charge is 0.316 e. The van der Waals surface area contributed by atoms with E-state index < -0.39 is 63.9 Å². The van der Waals surface area contributed by atoms with E-state index >= 15 is 0 Å². The second-order valence-corrected chi connectivity index (χ2v) is 8.96. The fourth-order valence-electron chi connectivity index (χ4n) is 7.16. The van der Waals surface area contributed by atoms with Crippen LogP contribution in [0.5, 0.6) is 0 Å². The highest BCUT2D eigenvalue weighted by Crippen LogP contribution is 2.77. The molecule has 9 atom stereocenters. The molecule has 0 radical (unpaired) electrons. The van der Waals surface area contributed by atoms with Crippen molar-refractivity contribution in [1.29, 1.82) is 0 Å². The Balaban J connectivity index is 1.81. The van der Waals surface area contributed by atoms with Crippen molar-refractivity contribution in [2.75, 3.05) is 0 Å². The number of carbonyl (C=O) groups is 2. The Hall–Kier alpha value is -1.70. The highest BCUT2D eigenvalue weighted by atomic mass is 16.6. The number of esters is 1. The van der Waals surface area contributed by atoms with E-state index in [4.69, 9.17) is 4.74 Å². The van der Waals surface area contributed by atoms with Gasteiger partial charge in [0.15, 0.2) is 0 Å². The first-order valence-electron chi connectivity index (χ1n) is 8.99. The van der Waals surface area contributed by atoms with E-state index in [0.29, 0.717) is 12.8 Å². The molecule has 7 nitrogen and oxygen atoms in total. The molecule has 1 heterocycles. The average Bonchev–Trinajstić information content (AvgIpc) is 2.98. The summed E-state index contributed by atoms with van der Waals surface area (Å²) in [5.41, 5.74) is -4.80. The third kappa shape index (κ3) is 1.33. The largest absolute Gasteiger partial charge is 0.481 e. The van der Waals surface area contributed by atoms with E-state index in [0.717, 1.165) is 0 Å². The minimum Gasteiger partial charge on any atom is -0.481 e.